The number of carbonyl (C=O) groups is 1. The lowest BCUT2D eigenvalue weighted by Crippen LogP contribution is -2.46. The minimum Gasteiger partial charge on any atom is -0.339 e. The molecule has 4 rings (SSSR count). The number of nitrogens with one attached hydrogen (secondary N) is 1. The zero-order valence-corrected chi connectivity index (χ0v) is 15.2. The number of hydrogen-bond donors (Lipinski definition) is 1. The fourth-order valence-electron chi connectivity index (χ4n) is 4.76. The van der Waals surface area contributed by atoms with Crippen molar-refractivity contribution in [1.82, 2.24) is 10.2 Å². The molecule has 3 nitrogen and oxygen atoms in total. The Bertz CT molecular complexity index is 556. The molecular formula is C20H29ClN2O. The molecular weight excluding hydrogens is 320 g/mol. The van der Waals surface area contributed by atoms with Gasteiger partial charge >= 0.3 is 0 Å². The van der Waals surface area contributed by atoms with Crippen LogP contribution in [0.15, 0.2) is 30.3 Å². The molecule has 1 spiro atoms. The molecule has 0 bridgehead atoms. The molecule has 1 amide bonds. The van der Waals surface area contributed by atoms with E-state index in [-0.39, 0.29) is 12.4 Å². The van der Waals surface area contributed by atoms with Crippen LogP contribution in [-0.4, -0.2) is 36.5 Å². The van der Waals surface area contributed by atoms with Gasteiger partial charge in [0.2, 0.25) is 5.91 Å². The average Bonchev–Trinajstić information content (AvgIpc) is 3.29. The lowest BCUT2D eigenvalue weighted by atomic mass is 9.90. The molecule has 1 aromatic carbocycles. The van der Waals surface area contributed by atoms with E-state index in [1.807, 2.05) is 0 Å². The summed E-state index contributed by atoms with van der Waals surface area (Å²) in [7, 11) is 0. The van der Waals surface area contributed by atoms with Gasteiger partial charge in [0.25, 0.3) is 0 Å². The molecule has 1 N–H and O–H groups in total. The van der Waals surface area contributed by atoms with Gasteiger partial charge in [-0.25, -0.2) is 0 Å². The van der Waals surface area contributed by atoms with Gasteiger partial charge in [0, 0.05) is 18.5 Å². The second-order valence-corrected chi connectivity index (χ2v) is 7.74. The van der Waals surface area contributed by atoms with Crippen molar-refractivity contribution in [3.63, 3.8) is 0 Å². The van der Waals surface area contributed by atoms with Gasteiger partial charge < -0.3 is 10.2 Å². The van der Waals surface area contributed by atoms with Crippen LogP contribution >= 0.6 is 12.4 Å². The first kappa shape index (κ1) is 17.8. The summed E-state index contributed by atoms with van der Waals surface area (Å²) in [6, 6.07) is 11.1. The molecule has 2 heterocycles. The summed E-state index contributed by atoms with van der Waals surface area (Å²) in [5.41, 5.74) is 1.72. The lowest BCUT2D eigenvalue weighted by Gasteiger charge is -2.37. The van der Waals surface area contributed by atoms with Crippen molar-refractivity contribution in [2.24, 2.45) is 11.3 Å². The first-order valence-corrected chi connectivity index (χ1v) is 9.34. The Labute approximate surface area is 151 Å². The first-order chi connectivity index (χ1) is 11.3. The fraction of sp³-hybridized carbons (Fsp3) is 0.650. The van der Waals surface area contributed by atoms with E-state index >= 15 is 0 Å². The van der Waals surface area contributed by atoms with Crippen molar-refractivity contribution in [2.75, 3.05) is 19.6 Å². The Kier molecular flexibility index (Phi) is 5.51. The zero-order valence-electron chi connectivity index (χ0n) is 14.4. The number of halogens is 1. The fourth-order valence-corrected chi connectivity index (χ4v) is 4.76. The highest BCUT2D eigenvalue weighted by atomic mass is 35.5. The van der Waals surface area contributed by atoms with E-state index in [4.69, 9.17) is 0 Å². The monoisotopic (exact) mass is 348 g/mol. The first-order valence-electron chi connectivity index (χ1n) is 9.34. The van der Waals surface area contributed by atoms with Crippen LogP contribution in [0.4, 0.5) is 0 Å². The molecule has 24 heavy (non-hydrogen) atoms. The molecule has 3 aliphatic rings. The summed E-state index contributed by atoms with van der Waals surface area (Å²) in [5, 5.41) is 3.44. The molecule has 3 fully saturated rings. The van der Waals surface area contributed by atoms with Crippen molar-refractivity contribution in [3.05, 3.63) is 35.9 Å². The highest BCUT2D eigenvalue weighted by molar-refractivity contribution is 5.85. The van der Waals surface area contributed by atoms with Gasteiger partial charge in [-0.2, -0.15) is 0 Å². The molecule has 2 unspecified atom stereocenters. The van der Waals surface area contributed by atoms with E-state index in [0.29, 0.717) is 23.3 Å². The maximum atomic E-state index is 13.1. The average molecular weight is 349 g/mol. The van der Waals surface area contributed by atoms with E-state index in [1.165, 1.54) is 37.7 Å². The van der Waals surface area contributed by atoms with Crippen molar-refractivity contribution in [3.8, 4) is 0 Å². The van der Waals surface area contributed by atoms with E-state index in [9.17, 15) is 4.79 Å². The summed E-state index contributed by atoms with van der Waals surface area (Å²) in [5.74, 6) is 0.786. The Morgan fingerprint density at radius 3 is 2.67 bits per heavy atom. The van der Waals surface area contributed by atoms with E-state index in [0.717, 1.165) is 32.5 Å². The van der Waals surface area contributed by atoms with Gasteiger partial charge in [-0.05, 0) is 69.0 Å². The van der Waals surface area contributed by atoms with Gasteiger partial charge in [-0.1, -0.05) is 30.3 Å². The molecule has 1 aromatic rings. The van der Waals surface area contributed by atoms with Crippen LogP contribution in [0.25, 0.3) is 0 Å². The normalized spacial score (nSPS) is 28.2. The van der Waals surface area contributed by atoms with Crippen molar-refractivity contribution in [2.45, 2.75) is 51.0 Å². The number of carbonyl (C=O) groups excluding carboxylic acids is 1. The molecule has 132 valence electrons. The predicted octanol–water partition coefficient (Wildman–Crippen LogP) is 3.42. The summed E-state index contributed by atoms with van der Waals surface area (Å²) in [6.07, 6.45) is 8.17. The summed E-state index contributed by atoms with van der Waals surface area (Å²) < 4.78 is 0. The lowest BCUT2D eigenvalue weighted by molar-refractivity contribution is -0.137. The van der Waals surface area contributed by atoms with Crippen LogP contribution in [-0.2, 0) is 11.2 Å². The number of benzene rings is 1. The molecule has 2 aliphatic heterocycles. The molecule has 0 aromatic heterocycles. The topological polar surface area (TPSA) is 32.3 Å². The quantitative estimate of drug-likeness (QED) is 0.907. The largest absolute Gasteiger partial charge is 0.339 e. The minimum absolute atomic E-state index is 0. The van der Waals surface area contributed by atoms with Gasteiger partial charge in [0.1, 0.15) is 0 Å². The van der Waals surface area contributed by atoms with Crippen LogP contribution in [0.5, 0.6) is 0 Å². The third-order valence-corrected chi connectivity index (χ3v) is 6.31. The molecule has 2 atom stereocenters. The number of hydrogen-bond acceptors (Lipinski definition) is 2. The minimum atomic E-state index is 0. The predicted molar refractivity (Wildman–Crippen MR) is 99.4 cm³/mol. The Morgan fingerprint density at radius 1 is 1.17 bits per heavy atom. The number of piperidine rings is 2. The molecule has 1 saturated carbocycles. The molecule has 2 saturated heterocycles. The third-order valence-electron chi connectivity index (χ3n) is 6.31. The van der Waals surface area contributed by atoms with Crippen molar-refractivity contribution in [1.29, 1.82) is 0 Å². The molecule has 0 radical (unpaired) electrons. The van der Waals surface area contributed by atoms with Crippen LogP contribution < -0.4 is 5.32 Å². The summed E-state index contributed by atoms with van der Waals surface area (Å²) in [6.45, 7) is 3.16. The Hall–Kier alpha value is -1.06. The maximum Gasteiger partial charge on any atom is 0.226 e. The number of likely N-dealkylation sites (tertiary alicyclic amines) is 1. The number of nitrogens with zero attached hydrogens (tertiary/aromatic N) is 1. The highest BCUT2D eigenvalue weighted by Gasteiger charge is 2.59. The van der Waals surface area contributed by atoms with Crippen LogP contribution in [0.2, 0.25) is 0 Å². The SMILES string of the molecule is Cl.O=C(C1CC12CCNCC2)N1CCCCC1Cc1ccccc1. The number of amides is 1. The van der Waals surface area contributed by atoms with Gasteiger partial charge in [0.05, 0.1) is 0 Å². The van der Waals surface area contributed by atoms with Crippen LogP contribution in [0.1, 0.15) is 44.1 Å². The van der Waals surface area contributed by atoms with Crippen molar-refractivity contribution >= 4 is 18.3 Å². The van der Waals surface area contributed by atoms with E-state index in [2.05, 4.69) is 40.5 Å². The van der Waals surface area contributed by atoms with Crippen molar-refractivity contribution < 1.29 is 4.79 Å². The Balaban J connectivity index is 0.00000169. The number of rotatable bonds is 3. The summed E-state index contributed by atoms with van der Waals surface area (Å²) in [4.78, 5) is 15.4. The third kappa shape index (κ3) is 3.48. The van der Waals surface area contributed by atoms with Crippen LogP contribution in [0, 0.1) is 11.3 Å². The van der Waals surface area contributed by atoms with E-state index in [1.54, 1.807) is 0 Å². The maximum absolute atomic E-state index is 13.1. The highest BCUT2D eigenvalue weighted by Crippen LogP contribution is 2.59. The second kappa shape index (κ2) is 7.45. The standard InChI is InChI=1S/C20H28N2O.ClH/c23-19(18-15-20(18)9-11-21-12-10-20)22-13-5-4-8-17(22)14-16-6-2-1-3-7-16;/h1-3,6-7,17-18,21H,4-5,8-15H2;1H. The van der Waals surface area contributed by atoms with Crippen LogP contribution in [0.3, 0.4) is 0 Å². The van der Waals surface area contributed by atoms with E-state index < -0.39 is 0 Å². The zero-order chi connectivity index (χ0) is 15.7. The van der Waals surface area contributed by atoms with Gasteiger partial charge in [-0.15, -0.1) is 12.4 Å². The summed E-state index contributed by atoms with van der Waals surface area (Å²) >= 11 is 0. The molecule has 1 aliphatic carbocycles. The Morgan fingerprint density at radius 2 is 1.92 bits per heavy atom. The smallest absolute Gasteiger partial charge is 0.226 e. The molecule has 4 heteroatoms. The van der Waals surface area contributed by atoms with Gasteiger partial charge in [-0.3, -0.25) is 4.79 Å². The van der Waals surface area contributed by atoms with Gasteiger partial charge in [0.15, 0.2) is 0 Å². The second-order valence-electron chi connectivity index (χ2n) is 7.74.